The summed E-state index contributed by atoms with van der Waals surface area (Å²) in [5.74, 6) is -1.21. The van der Waals surface area contributed by atoms with Crippen LogP contribution in [-0.4, -0.2) is 29.8 Å². The van der Waals surface area contributed by atoms with E-state index in [1.807, 2.05) is 48.5 Å². The zero-order valence-electron chi connectivity index (χ0n) is 16.4. The van der Waals surface area contributed by atoms with E-state index in [9.17, 15) is 19.3 Å². The first kappa shape index (κ1) is 23.5. The first-order valence-electron chi connectivity index (χ1n) is 9.53. The molecular weight excluding hydrogens is 409 g/mol. The van der Waals surface area contributed by atoms with Crippen LogP contribution in [-0.2, 0) is 36.4 Å². The summed E-state index contributed by atoms with van der Waals surface area (Å²) in [6.07, 6.45) is -0.657. The molecule has 0 radical (unpaired) electrons. The number of nitrogens with one attached hydrogen (secondary N) is 1. The Kier molecular flexibility index (Phi) is 10.5. The number of alkyl carbamates (subject to hydrolysis) is 1. The van der Waals surface area contributed by atoms with Crippen molar-refractivity contribution >= 4 is 20.3 Å². The minimum atomic E-state index is -2.56. The van der Waals surface area contributed by atoms with Gasteiger partial charge in [-0.3, -0.25) is 0 Å². The third-order valence-corrected chi connectivity index (χ3v) is 4.81. The molecule has 0 aliphatic heterocycles. The monoisotopic (exact) mass is 434 g/mol. The molecule has 30 heavy (non-hydrogen) atoms. The predicted octanol–water partition coefficient (Wildman–Crippen LogP) is 4.43. The summed E-state index contributed by atoms with van der Waals surface area (Å²) in [4.78, 5) is 23.0. The highest BCUT2D eigenvalue weighted by Crippen LogP contribution is 2.29. The Bertz CT molecular complexity index is 802. The highest BCUT2D eigenvalue weighted by atomic mass is 31.1. The standard InChI is InChI=1S/C21H24NO7P/c23-20(24)19(29-30(26)28-16-18-11-5-2-6-12-18)13-7-8-14-22-21(25)27-15-17-9-3-1-4-10-17/h1-6,9-12,19H,7-8,13-16H2,(H-,22,23,24,25)/p+1. The second-order valence-corrected chi connectivity index (χ2v) is 7.32. The fourth-order valence-electron chi connectivity index (χ4n) is 2.48. The molecule has 0 fully saturated rings. The van der Waals surface area contributed by atoms with E-state index in [4.69, 9.17) is 13.8 Å². The SMILES string of the molecule is O=C(NCCCCC(O[P+](=O)OCc1ccccc1)C(=O)O)OCc1ccccc1. The van der Waals surface area contributed by atoms with E-state index in [-0.39, 0.29) is 19.6 Å². The van der Waals surface area contributed by atoms with Crippen LogP contribution in [0.4, 0.5) is 4.79 Å². The van der Waals surface area contributed by atoms with Crippen molar-refractivity contribution < 1.29 is 33.0 Å². The summed E-state index contributed by atoms with van der Waals surface area (Å²) in [6.45, 7) is 0.575. The van der Waals surface area contributed by atoms with Gasteiger partial charge in [-0.15, -0.1) is 9.05 Å². The quantitative estimate of drug-likeness (QED) is 0.354. The molecule has 0 bridgehead atoms. The molecule has 0 saturated heterocycles. The molecule has 0 heterocycles. The molecule has 0 aliphatic rings. The molecule has 0 saturated carbocycles. The average Bonchev–Trinajstić information content (AvgIpc) is 2.76. The van der Waals surface area contributed by atoms with Crippen LogP contribution in [0.2, 0.25) is 0 Å². The number of amides is 1. The third kappa shape index (κ3) is 9.60. The van der Waals surface area contributed by atoms with Crippen molar-refractivity contribution in [2.45, 2.75) is 38.6 Å². The Hall–Kier alpha value is -2.80. The van der Waals surface area contributed by atoms with Crippen LogP contribution in [0.5, 0.6) is 0 Å². The molecule has 160 valence electrons. The van der Waals surface area contributed by atoms with Crippen LogP contribution in [0.3, 0.4) is 0 Å². The van der Waals surface area contributed by atoms with Crippen molar-refractivity contribution in [2.75, 3.05) is 6.54 Å². The number of carbonyl (C=O) groups is 2. The van der Waals surface area contributed by atoms with E-state index in [2.05, 4.69) is 5.32 Å². The Morgan fingerprint density at radius 2 is 1.53 bits per heavy atom. The Morgan fingerprint density at radius 1 is 0.933 bits per heavy atom. The van der Waals surface area contributed by atoms with Crippen molar-refractivity contribution in [2.24, 2.45) is 0 Å². The number of carboxylic acids is 1. The van der Waals surface area contributed by atoms with Crippen LogP contribution in [0.15, 0.2) is 60.7 Å². The topological polar surface area (TPSA) is 111 Å². The first-order chi connectivity index (χ1) is 14.5. The molecular formula is C21H25NO7P+. The fraction of sp³-hybridized carbons (Fsp3) is 0.333. The van der Waals surface area contributed by atoms with E-state index in [0.29, 0.717) is 19.4 Å². The predicted molar refractivity (Wildman–Crippen MR) is 110 cm³/mol. The number of hydrogen-bond acceptors (Lipinski definition) is 6. The molecule has 8 nitrogen and oxygen atoms in total. The molecule has 1 amide bonds. The van der Waals surface area contributed by atoms with Gasteiger partial charge in [-0.1, -0.05) is 60.7 Å². The Labute approximate surface area is 176 Å². The highest BCUT2D eigenvalue weighted by Gasteiger charge is 2.32. The van der Waals surface area contributed by atoms with Gasteiger partial charge in [0.05, 0.1) is 0 Å². The lowest BCUT2D eigenvalue weighted by molar-refractivity contribution is -0.145. The number of hydrogen-bond donors (Lipinski definition) is 2. The third-order valence-electron chi connectivity index (χ3n) is 4.04. The van der Waals surface area contributed by atoms with Gasteiger partial charge in [0.15, 0.2) is 0 Å². The highest BCUT2D eigenvalue weighted by molar-refractivity contribution is 7.33. The van der Waals surface area contributed by atoms with Crippen LogP contribution in [0, 0.1) is 0 Å². The van der Waals surface area contributed by atoms with Crippen molar-refractivity contribution in [3.05, 3.63) is 71.8 Å². The van der Waals surface area contributed by atoms with Gasteiger partial charge >= 0.3 is 20.3 Å². The van der Waals surface area contributed by atoms with E-state index in [0.717, 1.165) is 11.1 Å². The second kappa shape index (κ2) is 13.4. The maximum Gasteiger partial charge on any atom is 0.698 e. The smallest absolute Gasteiger partial charge is 0.479 e. The van der Waals surface area contributed by atoms with E-state index < -0.39 is 26.4 Å². The van der Waals surface area contributed by atoms with Gasteiger partial charge in [0, 0.05) is 11.1 Å². The average molecular weight is 434 g/mol. The maximum absolute atomic E-state index is 11.9. The summed E-state index contributed by atoms with van der Waals surface area (Å²) in [7, 11) is -2.56. The Morgan fingerprint density at radius 3 is 2.13 bits per heavy atom. The molecule has 2 atom stereocenters. The molecule has 2 rings (SSSR count). The summed E-state index contributed by atoms with van der Waals surface area (Å²) in [6, 6.07) is 18.4. The van der Waals surface area contributed by atoms with Crippen molar-refractivity contribution in [1.29, 1.82) is 0 Å². The van der Waals surface area contributed by atoms with Crippen molar-refractivity contribution in [3.63, 3.8) is 0 Å². The molecule has 2 N–H and O–H groups in total. The van der Waals surface area contributed by atoms with Gasteiger partial charge in [0.2, 0.25) is 6.10 Å². The maximum atomic E-state index is 11.9. The van der Waals surface area contributed by atoms with Crippen LogP contribution >= 0.6 is 8.25 Å². The zero-order valence-corrected chi connectivity index (χ0v) is 17.3. The van der Waals surface area contributed by atoms with Crippen molar-refractivity contribution in [3.8, 4) is 0 Å². The molecule has 0 aromatic heterocycles. The second-order valence-electron chi connectivity index (χ2n) is 6.40. The number of carbonyl (C=O) groups excluding carboxylic acids is 1. The summed E-state index contributed by atoms with van der Waals surface area (Å²) in [5.41, 5.74) is 1.69. The number of rotatable bonds is 13. The van der Waals surface area contributed by atoms with Gasteiger partial charge < -0.3 is 15.2 Å². The number of benzene rings is 2. The minimum Gasteiger partial charge on any atom is -0.479 e. The van der Waals surface area contributed by atoms with Crippen molar-refractivity contribution in [1.82, 2.24) is 5.32 Å². The van der Waals surface area contributed by atoms with Gasteiger partial charge in [0.1, 0.15) is 13.2 Å². The minimum absolute atomic E-state index is 0.0669. The van der Waals surface area contributed by atoms with Crippen LogP contribution < -0.4 is 5.32 Å². The van der Waals surface area contributed by atoms with Gasteiger partial charge in [-0.05, 0) is 30.4 Å². The van der Waals surface area contributed by atoms with E-state index in [1.165, 1.54) is 0 Å². The lowest BCUT2D eigenvalue weighted by Gasteiger charge is -2.08. The van der Waals surface area contributed by atoms with Gasteiger partial charge in [0.25, 0.3) is 0 Å². The number of aliphatic carboxylic acids is 1. The zero-order chi connectivity index (χ0) is 21.6. The molecule has 2 aromatic carbocycles. The van der Waals surface area contributed by atoms with Crippen LogP contribution in [0.25, 0.3) is 0 Å². The lowest BCUT2D eigenvalue weighted by Crippen LogP contribution is -2.26. The lowest BCUT2D eigenvalue weighted by atomic mass is 10.1. The van der Waals surface area contributed by atoms with Gasteiger partial charge in [-0.25, -0.2) is 9.59 Å². The molecule has 9 heteroatoms. The number of ether oxygens (including phenoxy) is 1. The van der Waals surface area contributed by atoms with Gasteiger partial charge in [-0.2, -0.15) is 0 Å². The van der Waals surface area contributed by atoms with Crippen LogP contribution in [0.1, 0.15) is 30.4 Å². The molecule has 2 unspecified atom stereocenters. The summed E-state index contributed by atoms with van der Waals surface area (Å²) in [5, 5.41) is 11.8. The summed E-state index contributed by atoms with van der Waals surface area (Å²) < 4.78 is 27.1. The first-order valence-corrected chi connectivity index (χ1v) is 10.6. The van der Waals surface area contributed by atoms with E-state index in [1.54, 1.807) is 12.1 Å². The number of carboxylic acid groups (broad SMARTS) is 1. The van der Waals surface area contributed by atoms with E-state index >= 15 is 0 Å². The molecule has 2 aromatic rings. The Balaban J connectivity index is 1.59. The molecule has 0 spiro atoms. The fourth-order valence-corrected chi connectivity index (χ4v) is 3.20. The largest absolute Gasteiger partial charge is 0.698 e. The molecule has 0 aliphatic carbocycles. The summed E-state index contributed by atoms with van der Waals surface area (Å²) >= 11 is 0. The normalized spacial score (nSPS) is 12.1. The number of unbranched alkanes of at least 4 members (excludes halogenated alkanes) is 1.